The second-order valence-electron chi connectivity index (χ2n) is 6.55. The van der Waals surface area contributed by atoms with Crippen molar-refractivity contribution >= 4 is 41.3 Å². The average molecular weight is 444 g/mol. The van der Waals surface area contributed by atoms with Gasteiger partial charge in [-0.25, -0.2) is 4.79 Å². The molecule has 0 spiro atoms. The number of nitrogens with one attached hydrogen (secondary N) is 1. The molecule has 2 aromatic carbocycles. The number of ketones is 2. The number of nitrogen functional groups attached to an aromatic ring is 2. The minimum Gasteiger partial charge on any atom is -0.480 e. The lowest BCUT2D eigenvalue weighted by Crippen LogP contribution is -2.37. The van der Waals surface area contributed by atoms with Gasteiger partial charge in [-0.2, -0.15) is 0 Å². The number of benzene rings is 2. The van der Waals surface area contributed by atoms with Crippen LogP contribution in [0.5, 0.6) is 0 Å². The number of aliphatic carboxylic acids is 2. The van der Waals surface area contributed by atoms with E-state index in [4.69, 9.17) is 27.4 Å². The molecule has 0 unspecified atom stereocenters. The first-order valence-corrected chi connectivity index (χ1v) is 9.24. The predicted octanol–water partition coefficient (Wildman–Crippen LogP) is 0.294. The number of Topliss-reactive ketones (excluding diaryl/α,β-unsaturated/α-hetero) is 2. The summed E-state index contributed by atoms with van der Waals surface area (Å²) in [4.78, 5) is 54.7. The highest BCUT2D eigenvalue weighted by Gasteiger charge is 2.22. The van der Waals surface area contributed by atoms with Crippen molar-refractivity contribution in [2.24, 2.45) is 5.73 Å². The Morgan fingerprint density at radius 3 is 1.62 bits per heavy atom. The number of hydrogen-bond acceptors (Lipinski definition) is 8. The van der Waals surface area contributed by atoms with Crippen LogP contribution in [0.15, 0.2) is 48.5 Å². The molecule has 0 aliphatic heterocycles. The zero-order valence-corrected chi connectivity index (χ0v) is 16.9. The molecule has 0 radical (unpaired) electrons. The first-order chi connectivity index (χ1) is 15.1. The van der Waals surface area contributed by atoms with Crippen molar-refractivity contribution in [3.8, 4) is 0 Å². The lowest BCUT2D eigenvalue weighted by Gasteiger charge is -2.10. The first kappa shape index (κ1) is 25.8. The maximum absolute atomic E-state index is 11.8. The molecular formula is C21H24N4O7. The molecule has 2 atom stereocenters. The van der Waals surface area contributed by atoms with Crippen molar-refractivity contribution in [3.63, 3.8) is 0 Å². The molecule has 170 valence electrons. The van der Waals surface area contributed by atoms with Crippen LogP contribution >= 0.6 is 0 Å². The number of anilines is 2. The number of carboxylic acid groups (broad SMARTS) is 2. The lowest BCUT2D eigenvalue weighted by molar-refractivity contribution is -0.140. The summed E-state index contributed by atoms with van der Waals surface area (Å²) < 4.78 is 0. The molecule has 11 heteroatoms. The maximum Gasteiger partial charge on any atom is 0.326 e. The summed E-state index contributed by atoms with van der Waals surface area (Å²) in [6.45, 7) is 0. The second-order valence-corrected chi connectivity index (χ2v) is 6.55. The first-order valence-electron chi connectivity index (χ1n) is 9.24. The van der Waals surface area contributed by atoms with Crippen molar-refractivity contribution in [1.82, 2.24) is 5.32 Å². The summed E-state index contributed by atoms with van der Waals surface area (Å²) in [5, 5.41) is 19.4. The van der Waals surface area contributed by atoms with Crippen molar-refractivity contribution in [1.29, 1.82) is 0 Å². The normalized spacial score (nSPS) is 11.8. The van der Waals surface area contributed by atoms with Gasteiger partial charge in [0.15, 0.2) is 11.6 Å². The molecule has 0 aliphatic rings. The third-order valence-corrected chi connectivity index (χ3v) is 4.20. The Labute approximate surface area is 183 Å². The zero-order valence-electron chi connectivity index (χ0n) is 16.9. The molecule has 11 nitrogen and oxygen atoms in total. The maximum atomic E-state index is 11.8. The Kier molecular flexibility index (Phi) is 10.0. The van der Waals surface area contributed by atoms with Crippen LogP contribution in [0, 0.1) is 0 Å². The highest BCUT2D eigenvalue weighted by molar-refractivity contribution is 6.03. The van der Waals surface area contributed by atoms with Gasteiger partial charge in [-0.3, -0.25) is 19.2 Å². The predicted molar refractivity (Wildman–Crippen MR) is 116 cm³/mol. The van der Waals surface area contributed by atoms with Crippen LogP contribution in [0.2, 0.25) is 0 Å². The van der Waals surface area contributed by atoms with Crippen LogP contribution in [0.4, 0.5) is 11.4 Å². The molecule has 0 bridgehead atoms. The summed E-state index contributed by atoms with van der Waals surface area (Å²) in [5.74, 6) is -3.24. The van der Waals surface area contributed by atoms with Gasteiger partial charge in [-0.15, -0.1) is 0 Å². The molecule has 9 N–H and O–H groups in total. The van der Waals surface area contributed by atoms with Crippen LogP contribution in [0.1, 0.15) is 33.6 Å². The van der Waals surface area contributed by atoms with E-state index in [0.29, 0.717) is 11.3 Å². The van der Waals surface area contributed by atoms with Crippen molar-refractivity contribution in [2.75, 3.05) is 11.5 Å². The van der Waals surface area contributed by atoms with Crippen LogP contribution in [0.3, 0.4) is 0 Å². The van der Waals surface area contributed by atoms with Crippen molar-refractivity contribution < 1.29 is 34.2 Å². The molecule has 2 aromatic rings. The number of amides is 1. The number of nitrogens with two attached hydrogens (primary N) is 3. The molecular weight excluding hydrogens is 420 g/mol. The van der Waals surface area contributed by atoms with Gasteiger partial charge in [0.25, 0.3) is 0 Å². The van der Waals surface area contributed by atoms with E-state index in [0.717, 1.165) is 0 Å². The number of carbonyl (C=O) groups excluding carboxylic acids is 3. The van der Waals surface area contributed by atoms with Crippen LogP contribution in [-0.2, 0) is 14.4 Å². The highest BCUT2D eigenvalue weighted by Crippen LogP contribution is 2.14. The Balaban J connectivity index is 0.000000323. The number of hydrogen-bond donors (Lipinski definition) is 6. The largest absolute Gasteiger partial charge is 0.480 e. The van der Waals surface area contributed by atoms with Gasteiger partial charge in [0.05, 0.1) is 0 Å². The van der Waals surface area contributed by atoms with Crippen molar-refractivity contribution in [3.05, 3.63) is 59.7 Å². The third kappa shape index (κ3) is 7.88. The Morgan fingerprint density at radius 2 is 1.25 bits per heavy atom. The van der Waals surface area contributed by atoms with Crippen LogP contribution in [-0.4, -0.2) is 52.2 Å². The standard InChI is InChI=1S/C11H12N2O4.C10H12N2O3/c12-8-4-2-1-3-7(8)10(15)5-9(11(16)17)13-6-14;11-7-4-2-1-3-6(7)9(13)5-8(12)10(14)15/h1-4,6,9H,5,12H2,(H,13,14)(H,16,17);1-4,8H,5,11-12H2,(H,14,15)/t9-;8-/m00/s1. The molecule has 1 amide bonds. The second kappa shape index (κ2) is 12.4. The van der Waals surface area contributed by atoms with E-state index in [1.54, 1.807) is 42.5 Å². The molecule has 0 aromatic heterocycles. The van der Waals surface area contributed by atoms with Crippen LogP contribution < -0.4 is 22.5 Å². The summed E-state index contributed by atoms with van der Waals surface area (Å²) in [7, 11) is 0. The molecule has 0 saturated heterocycles. The summed E-state index contributed by atoms with van der Waals surface area (Å²) >= 11 is 0. The quantitative estimate of drug-likeness (QED) is 0.167. The molecule has 0 aliphatic carbocycles. The van der Waals surface area contributed by atoms with E-state index >= 15 is 0 Å². The summed E-state index contributed by atoms with van der Waals surface area (Å²) in [5.41, 5.74) is 17.6. The van der Waals surface area contributed by atoms with E-state index in [9.17, 15) is 24.0 Å². The summed E-state index contributed by atoms with van der Waals surface area (Å²) in [6, 6.07) is 10.4. The van der Waals surface area contributed by atoms with Gasteiger partial charge in [0, 0.05) is 35.3 Å². The van der Waals surface area contributed by atoms with E-state index in [1.165, 1.54) is 6.07 Å². The van der Waals surface area contributed by atoms with E-state index in [1.807, 2.05) is 0 Å². The number of rotatable bonds is 10. The fourth-order valence-electron chi connectivity index (χ4n) is 2.49. The van der Waals surface area contributed by atoms with Gasteiger partial charge >= 0.3 is 11.9 Å². The highest BCUT2D eigenvalue weighted by atomic mass is 16.4. The van der Waals surface area contributed by atoms with Gasteiger partial charge in [0.1, 0.15) is 12.1 Å². The zero-order chi connectivity index (χ0) is 24.3. The topological polar surface area (TPSA) is 216 Å². The number of carbonyl (C=O) groups is 5. The van der Waals surface area contributed by atoms with Gasteiger partial charge in [-0.1, -0.05) is 24.3 Å². The van der Waals surface area contributed by atoms with Gasteiger partial charge < -0.3 is 32.7 Å². The Hall–Kier alpha value is -4.25. The molecule has 0 saturated carbocycles. The average Bonchev–Trinajstić information content (AvgIpc) is 2.74. The van der Waals surface area contributed by atoms with Gasteiger partial charge in [0.2, 0.25) is 6.41 Å². The number of carboxylic acids is 2. The van der Waals surface area contributed by atoms with E-state index in [2.05, 4.69) is 5.32 Å². The molecule has 0 fully saturated rings. The van der Waals surface area contributed by atoms with Crippen LogP contribution in [0.25, 0.3) is 0 Å². The summed E-state index contributed by atoms with van der Waals surface area (Å²) in [6.07, 6.45) is -0.327. The fourth-order valence-corrected chi connectivity index (χ4v) is 2.49. The molecule has 2 rings (SSSR count). The Morgan fingerprint density at radius 1 is 0.812 bits per heavy atom. The smallest absolute Gasteiger partial charge is 0.326 e. The van der Waals surface area contributed by atoms with E-state index in [-0.39, 0.29) is 36.3 Å². The van der Waals surface area contributed by atoms with Crippen molar-refractivity contribution in [2.45, 2.75) is 24.9 Å². The van der Waals surface area contributed by atoms with Gasteiger partial charge in [-0.05, 0) is 24.3 Å². The van der Waals surface area contributed by atoms with E-state index < -0.39 is 29.8 Å². The lowest BCUT2D eigenvalue weighted by atomic mass is 10.0. The molecule has 32 heavy (non-hydrogen) atoms. The number of para-hydroxylation sites is 2. The minimum atomic E-state index is -1.26. The SMILES string of the molecule is Nc1ccccc1C(=O)C[C@H](N)C(=O)O.Nc1ccccc1C(=O)C[C@H](NC=O)C(=O)O. The minimum absolute atomic E-state index is 0.246. The third-order valence-electron chi connectivity index (χ3n) is 4.20. The molecule has 0 heterocycles. The Bertz CT molecular complexity index is 994. The monoisotopic (exact) mass is 444 g/mol. The fraction of sp³-hybridized carbons (Fsp3) is 0.190.